The van der Waals surface area contributed by atoms with Gasteiger partial charge in [-0.3, -0.25) is 4.79 Å². The molecule has 110 valence electrons. The highest BCUT2D eigenvalue weighted by Crippen LogP contribution is 2.15. The minimum atomic E-state index is -3.50. The lowest BCUT2D eigenvalue weighted by molar-refractivity contribution is 0.0678. The fourth-order valence-corrected chi connectivity index (χ4v) is 3.25. The van der Waals surface area contributed by atoms with Crippen LogP contribution in [-0.2, 0) is 14.8 Å². The third-order valence-corrected chi connectivity index (χ3v) is 4.91. The van der Waals surface area contributed by atoms with Gasteiger partial charge >= 0.3 is 0 Å². The Morgan fingerprint density at radius 1 is 1.25 bits per heavy atom. The second-order valence-corrected chi connectivity index (χ2v) is 6.76. The first kappa shape index (κ1) is 15.2. The molecule has 0 unspecified atom stereocenters. The molecule has 0 saturated carbocycles. The van der Waals surface area contributed by atoms with Gasteiger partial charge in [-0.05, 0) is 37.8 Å². The van der Waals surface area contributed by atoms with Crippen molar-refractivity contribution in [3.63, 3.8) is 0 Å². The SMILES string of the molecule is CC(=O)c1ccc(S(=O)(=O)NCC2CCOCC2)cc1. The summed E-state index contributed by atoms with van der Waals surface area (Å²) in [5, 5.41) is 0. The van der Waals surface area contributed by atoms with E-state index in [1.54, 1.807) is 0 Å². The van der Waals surface area contributed by atoms with Crippen molar-refractivity contribution in [3.8, 4) is 0 Å². The zero-order valence-electron chi connectivity index (χ0n) is 11.5. The van der Waals surface area contributed by atoms with Gasteiger partial charge in [-0.2, -0.15) is 0 Å². The van der Waals surface area contributed by atoms with Crippen LogP contribution in [0.3, 0.4) is 0 Å². The van der Waals surface area contributed by atoms with Gasteiger partial charge in [0.2, 0.25) is 10.0 Å². The standard InChI is InChI=1S/C14H19NO4S/c1-11(16)13-2-4-14(5-3-13)20(17,18)15-10-12-6-8-19-9-7-12/h2-5,12,15H,6-10H2,1H3. The summed E-state index contributed by atoms with van der Waals surface area (Å²) in [5.74, 6) is 0.249. The van der Waals surface area contributed by atoms with Crippen molar-refractivity contribution in [1.82, 2.24) is 4.72 Å². The Hall–Kier alpha value is -1.24. The molecule has 0 amide bonds. The van der Waals surface area contributed by atoms with Gasteiger partial charge in [0.15, 0.2) is 5.78 Å². The van der Waals surface area contributed by atoms with E-state index in [9.17, 15) is 13.2 Å². The predicted octanol–water partition coefficient (Wildman–Crippen LogP) is 1.59. The molecule has 1 saturated heterocycles. The summed E-state index contributed by atoms with van der Waals surface area (Å²) >= 11 is 0. The first-order valence-corrected chi connectivity index (χ1v) is 8.16. The van der Waals surface area contributed by atoms with Gasteiger partial charge in [0, 0.05) is 25.3 Å². The Morgan fingerprint density at radius 3 is 2.40 bits per heavy atom. The van der Waals surface area contributed by atoms with Crippen LogP contribution in [0.25, 0.3) is 0 Å². The lowest BCUT2D eigenvalue weighted by Gasteiger charge is -2.22. The number of carbonyl (C=O) groups excluding carboxylic acids is 1. The minimum absolute atomic E-state index is 0.0795. The van der Waals surface area contributed by atoms with Gasteiger partial charge in [-0.1, -0.05) is 12.1 Å². The Labute approximate surface area is 119 Å². The molecule has 2 rings (SSSR count). The number of rotatable bonds is 5. The van der Waals surface area contributed by atoms with Gasteiger partial charge < -0.3 is 4.74 Å². The quantitative estimate of drug-likeness (QED) is 0.838. The van der Waals surface area contributed by atoms with Crippen LogP contribution in [0.1, 0.15) is 30.1 Å². The smallest absolute Gasteiger partial charge is 0.240 e. The number of sulfonamides is 1. The van der Waals surface area contributed by atoms with Gasteiger partial charge in [0.25, 0.3) is 0 Å². The number of nitrogens with one attached hydrogen (secondary N) is 1. The number of benzene rings is 1. The molecule has 5 nitrogen and oxygen atoms in total. The Kier molecular flexibility index (Phi) is 4.91. The molecule has 0 aliphatic carbocycles. The van der Waals surface area contributed by atoms with Gasteiger partial charge in [-0.15, -0.1) is 0 Å². The molecule has 0 spiro atoms. The zero-order chi connectivity index (χ0) is 14.6. The molecular weight excluding hydrogens is 278 g/mol. The first-order chi connectivity index (χ1) is 9.49. The van der Waals surface area contributed by atoms with E-state index in [1.165, 1.54) is 31.2 Å². The Balaban J connectivity index is 2.00. The molecule has 0 bridgehead atoms. The van der Waals surface area contributed by atoms with E-state index in [2.05, 4.69) is 4.72 Å². The maximum absolute atomic E-state index is 12.1. The van der Waals surface area contributed by atoms with Crippen molar-refractivity contribution in [2.45, 2.75) is 24.7 Å². The first-order valence-electron chi connectivity index (χ1n) is 6.67. The lowest BCUT2D eigenvalue weighted by atomic mass is 10.0. The van der Waals surface area contributed by atoms with E-state index in [1.807, 2.05) is 0 Å². The monoisotopic (exact) mass is 297 g/mol. The third-order valence-electron chi connectivity index (χ3n) is 3.47. The van der Waals surface area contributed by atoms with E-state index < -0.39 is 10.0 Å². The van der Waals surface area contributed by atoms with E-state index in [0.717, 1.165) is 12.8 Å². The summed E-state index contributed by atoms with van der Waals surface area (Å²) in [5.41, 5.74) is 0.508. The molecule has 1 aliphatic heterocycles. The Morgan fingerprint density at radius 2 is 1.85 bits per heavy atom. The van der Waals surface area contributed by atoms with Crippen LogP contribution in [0.4, 0.5) is 0 Å². The third kappa shape index (κ3) is 3.88. The second kappa shape index (κ2) is 6.47. The summed E-state index contributed by atoms with van der Waals surface area (Å²) in [7, 11) is -3.50. The molecular formula is C14H19NO4S. The summed E-state index contributed by atoms with van der Waals surface area (Å²) in [4.78, 5) is 11.4. The molecule has 0 atom stereocenters. The molecule has 1 fully saturated rings. The number of hydrogen-bond donors (Lipinski definition) is 1. The maximum atomic E-state index is 12.1. The van der Waals surface area contributed by atoms with Crippen LogP contribution in [0.15, 0.2) is 29.2 Å². The fraction of sp³-hybridized carbons (Fsp3) is 0.500. The van der Waals surface area contributed by atoms with E-state index in [0.29, 0.717) is 31.2 Å². The molecule has 0 aromatic heterocycles. The normalized spacial score (nSPS) is 17.1. The highest BCUT2D eigenvalue weighted by molar-refractivity contribution is 7.89. The molecule has 1 aliphatic rings. The van der Waals surface area contributed by atoms with Crippen LogP contribution < -0.4 is 4.72 Å². The molecule has 1 heterocycles. The average Bonchev–Trinajstić information content (AvgIpc) is 2.46. The topological polar surface area (TPSA) is 72.5 Å². The van der Waals surface area contributed by atoms with Crippen LogP contribution in [0, 0.1) is 5.92 Å². The minimum Gasteiger partial charge on any atom is -0.381 e. The number of carbonyl (C=O) groups is 1. The van der Waals surface area contributed by atoms with Crippen LogP contribution in [-0.4, -0.2) is 34.0 Å². The van der Waals surface area contributed by atoms with E-state index >= 15 is 0 Å². The van der Waals surface area contributed by atoms with E-state index in [-0.39, 0.29) is 10.7 Å². The van der Waals surface area contributed by atoms with Gasteiger partial charge in [0.05, 0.1) is 4.90 Å². The van der Waals surface area contributed by atoms with Gasteiger partial charge in [-0.25, -0.2) is 13.1 Å². The number of ketones is 1. The van der Waals surface area contributed by atoms with Crippen LogP contribution in [0.2, 0.25) is 0 Å². The van der Waals surface area contributed by atoms with Crippen LogP contribution in [0.5, 0.6) is 0 Å². The largest absolute Gasteiger partial charge is 0.381 e. The van der Waals surface area contributed by atoms with Crippen molar-refractivity contribution >= 4 is 15.8 Å². The van der Waals surface area contributed by atoms with Crippen LogP contribution >= 0.6 is 0 Å². The highest BCUT2D eigenvalue weighted by atomic mass is 32.2. The number of hydrogen-bond acceptors (Lipinski definition) is 4. The summed E-state index contributed by atoms with van der Waals surface area (Å²) < 4.78 is 32.1. The van der Waals surface area contributed by atoms with Crippen molar-refractivity contribution in [1.29, 1.82) is 0 Å². The molecule has 0 radical (unpaired) electrons. The van der Waals surface area contributed by atoms with Crippen molar-refractivity contribution < 1.29 is 17.9 Å². The molecule has 20 heavy (non-hydrogen) atoms. The second-order valence-electron chi connectivity index (χ2n) is 4.99. The molecule has 6 heteroatoms. The molecule has 1 N–H and O–H groups in total. The summed E-state index contributed by atoms with van der Waals surface area (Å²) in [6.45, 7) is 3.27. The number of ether oxygens (including phenoxy) is 1. The maximum Gasteiger partial charge on any atom is 0.240 e. The van der Waals surface area contributed by atoms with Crippen molar-refractivity contribution in [2.24, 2.45) is 5.92 Å². The van der Waals surface area contributed by atoms with Crippen molar-refractivity contribution in [2.75, 3.05) is 19.8 Å². The lowest BCUT2D eigenvalue weighted by Crippen LogP contribution is -2.32. The Bertz CT molecular complexity index is 559. The van der Waals surface area contributed by atoms with E-state index in [4.69, 9.17) is 4.74 Å². The zero-order valence-corrected chi connectivity index (χ0v) is 12.3. The van der Waals surface area contributed by atoms with Crippen molar-refractivity contribution in [3.05, 3.63) is 29.8 Å². The average molecular weight is 297 g/mol. The molecule has 1 aromatic rings. The highest BCUT2D eigenvalue weighted by Gasteiger charge is 2.19. The summed E-state index contributed by atoms with van der Waals surface area (Å²) in [6.07, 6.45) is 1.76. The van der Waals surface area contributed by atoms with Gasteiger partial charge in [0.1, 0.15) is 0 Å². The summed E-state index contributed by atoms with van der Waals surface area (Å²) in [6, 6.07) is 5.99. The molecule has 1 aromatic carbocycles. The number of Topliss-reactive ketones (excluding diaryl/α,β-unsaturated/α-hetero) is 1. The fourth-order valence-electron chi connectivity index (χ4n) is 2.13. The predicted molar refractivity (Wildman–Crippen MR) is 75.2 cm³/mol.